The molecule has 9 nitrogen and oxygen atoms in total. The number of ether oxygens (including phenoxy) is 1. The first kappa shape index (κ1) is 23.7. The molecular weight excluding hydrogens is 465 g/mol. The maximum absolute atomic E-state index is 15.3. The minimum Gasteiger partial charge on any atom is -0.481 e. The first-order valence-corrected chi connectivity index (χ1v) is 11.0. The van der Waals surface area contributed by atoms with E-state index in [2.05, 4.69) is 10.1 Å². The van der Waals surface area contributed by atoms with Gasteiger partial charge in [0.05, 0.1) is 17.5 Å². The van der Waals surface area contributed by atoms with E-state index in [-0.39, 0.29) is 46.1 Å². The van der Waals surface area contributed by atoms with Crippen LogP contribution in [0.2, 0.25) is 5.02 Å². The van der Waals surface area contributed by atoms with Crippen LogP contribution in [0.1, 0.15) is 38.1 Å². The fourth-order valence-corrected chi connectivity index (χ4v) is 4.08. The molecule has 0 fully saturated rings. The maximum atomic E-state index is 15.3. The predicted molar refractivity (Wildman–Crippen MR) is 126 cm³/mol. The lowest BCUT2D eigenvalue weighted by molar-refractivity contribution is 0.264. The van der Waals surface area contributed by atoms with Gasteiger partial charge in [-0.05, 0) is 42.0 Å². The minimum absolute atomic E-state index is 0.0741. The molecule has 0 unspecified atom stereocenters. The lowest BCUT2D eigenvalue weighted by Gasteiger charge is -2.16. The van der Waals surface area contributed by atoms with Crippen LogP contribution in [0.15, 0.2) is 40.1 Å². The average molecular weight is 488 g/mol. The van der Waals surface area contributed by atoms with Crippen molar-refractivity contribution >= 4 is 22.4 Å². The highest BCUT2D eigenvalue weighted by Crippen LogP contribution is 2.29. The number of halogens is 2. The number of benzene rings is 1. The van der Waals surface area contributed by atoms with Crippen LogP contribution in [0.4, 0.5) is 4.39 Å². The monoisotopic (exact) mass is 487 g/mol. The summed E-state index contributed by atoms with van der Waals surface area (Å²) >= 11 is 6.32. The fraction of sp³-hybridized carbons (Fsp3) is 0.304. The summed E-state index contributed by atoms with van der Waals surface area (Å²) in [5.41, 5.74) is -0.524. The summed E-state index contributed by atoms with van der Waals surface area (Å²) in [7, 11) is 1.45. The van der Waals surface area contributed by atoms with E-state index in [0.29, 0.717) is 10.9 Å². The van der Waals surface area contributed by atoms with Gasteiger partial charge in [0.1, 0.15) is 18.1 Å². The Balaban J connectivity index is 2.05. The Bertz CT molecular complexity index is 1520. The summed E-state index contributed by atoms with van der Waals surface area (Å²) in [6.07, 6.45) is 1.61. The summed E-state index contributed by atoms with van der Waals surface area (Å²) < 4.78 is 23.9. The molecule has 3 heterocycles. The zero-order valence-corrected chi connectivity index (χ0v) is 19.8. The second-order valence-electron chi connectivity index (χ2n) is 7.94. The van der Waals surface area contributed by atoms with Crippen molar-refractivity contribution in [2.75, 3.05) is 7.11 Å². The molecule has 0 aliphatic carbocycles. The van der Waals surface area contributed by atoms with E-state index in [1.165, 1.54) is 22.3 Å². The van der Waals surface area contributed by atoms with E-state index >= 15 is 4.39 Å². The topological polar surface area (TPSA) is 104 Å². The highest BCUT2D eigenvalue weighted by atomic mass is 35.5. The van der Waals surface area contributed by atoms with Crippen molar-refractivity contribution in [1.29, 1.82) is 0 Å². The predicted octanol–water partition coefficient (Wildman–Crippen LogP) is 3.17. The van der Waals surface area contributed by atoms with Gasteiger partial charge in [0.15, 0.2) is 11.6 Å². The quantitative estimate of drug-likeness (QED) is 0.448. The van der Waals surface area contributed by atoms with Crippen molar-refractivity contribution < 1.29 is 14.2 Å². The minimum atomic E-state index is -0.811. The van der Waals surface area contributed by atoms with Crippen molar-refractivity contribution in [3.05, 3.63) is 73.5 Å². The lowest BCUT2D eigenvalue weighted by atomic mass is 9.97. The summed E-state index contributed by atoms with van der Waals surface area (Å²) in [5.74, 6) is -0.344. The molecule has 0 aliphatic heterocycles. The highest BCUT2D eigenvalue weighted by Gasteiger charge is 2.21. The molecular formula is C23H23ClFN5O4. The SMILES string of the molecule is CCn1c(CO)nn(-c2cc3c(C(C)C)cn(-c4nc(OC)ccc4Cl)c(=O)c3cc2F)c1=O. The van der Waals surface area contributed by atoms with E-state index in [4.69, 9.17) is 16.3 Å². The zero-order valence-electron chi connectivity index (χ0n) is 19.0. The third kappa shape index (κ3) is 3.78. The van der Waals surface area contributed by atoms with Crippen molar-refractivity contribution in [2.24, 2.45) is 0 Å². The highest BCUT2D eigenvalue weighted by molar-refractivity contribution is 6.32. The number of methoxy groups -OCH3 is 1. The van der Waals surface area contributed by atoms with Crippen LogP contribution >= 0.6 is 11.6 Å². The average Bonchev–Trinajstić information content (AvgIpc) is 3.14. The molecule has 3 aromatic heterocycles. The van der Waals surface area contributed by atoms with E-state index in [0.717, 1.165) is 10.7 Å². The van der Waals surface area contributed by atoms with Gasteiger partial charge in [-0.3, -0.25) is 13.9 Å². The molecule has 0 atom stereocenters. The summed E-state index contributed by atoms with van der Waals surface area (Å²) in [4.78, 5) is 30.5. The molecule has 4 aromatic rings. The van der Waals surface area contributed by atoms with Crippen LogP contribution in [0.3, 0.4) is 0 Å². The maximum Gasteiger partial charge on any atom is 0.350 e. The third-order valence-electron chi connectivity index (χ3n) is 5.60. The normalized spacial score (nSPS) is 11.5. The Hall–Kier alpha value is -3.50. The van der Waals surface area contributed by atoms with Gasteiger partial charge in [0.25, 0.3) is 5.56 Å². The smallest absolute Gasteiger partial charge is 0.350 e. The van der Waals surface area contributed by atoms with Gasteiger partial charge in [0.2, 0.25) is 5.88 Å². The van der Waals surface area contributed by atoms with Gasteiger partial charge < -0.3 is 9.84 Å². The first-order chi connectivity index (χ1) is 16.2. The number of aliphatic hydroxyl groups is 1. The van der Waals surface area contributed by atoms with E-state index in [1.807, 2.05) is 13.8 Å². The van der Waals surface area contributed by atoms with Crippen LogP contribution in [0.25, 0.3) is 22.3 Å². The number of nitrogens with zero attached hydrogens (tertiary/aromatic N) is 5. The second kappa shape index (κ2) is 9.03. The Kier molecular flexibility index (Phi) is 6.28. The molecule has 0 radical (unpaired) electrons. The zero-order chi connectivity index (χ0) is 24.7. The van der Waals surface area contributed by atoms with Crippen LogP contribution < -0.4 is 16.0 Å². The number of pyridine rings is 2. The van der Waals surface area contributed by atoms with Gasteiger partial charge >= 0.3 is 5.69 Å². The first-order valence-electron chi connectivity index (χ1n) is 10.6. The molecule has 0 aliphatic rings. The second-order valence-corrected chi connectivity index (χ2v) is 8.34. The summed E-state index contributed by atoms with van der Waals surface area (Å²) in [5, 5.41) is 14.4. The van der Waals surface area contributed by atoms with Crippen LogP contribution in [-0.2, 0) is 13.2 Å². The Morgan fingerprint density at radius 1 is 1.21 bits per heavy atom. The van der Waals surface area contributed by atoms with Gasteiger partial charge in [-0.1, -0.05) is 25.4 Å². The van der Waals surface area contributed by atoms with Crippen LogP contribution in [0, 0.1) is 5.82 Å². The number of rotatable bonds is 6. The number of hydrogen-bond acceptors (Lipinski definition) is 6. The van der Waals surface area contributed by atoms with E-state index in [1.54, 1.807) is 25.3 Å². The molecule has 0 saturated heterocycles. The Labute approximate surface area is 198 Å². The number of aromatic nitrogens is 5. The Morgan fingerprint density at radius 3 is 2.53 bits per heavy atom. The number of fused-ring (bicyclic) bond motifs is 1. The van der Waals surface area contributed by atoms with Crippen molar-refractivity contribution in [3.8, 4) is 17.4 Å². The largest absolute Gasteiger partial charge is 0.481 e. The van der Waals surface area contributed by atoms with Crippen molar-refractivity contribution in [2.45, 2.75) is 39.8 Å². The fourth-order valence-electron chi connectivity index (χ4n) is 3.88. The number of hydrogen-bond donors (Lipinski definition) is 1. The molecule has 4 rings (SSSR count). The summed E-state index contributed by atoms with van der Waals surface area (Å²) in [6, 6.07) is 5.65. The molecule has 0 saturated carbocycles. The molecule has 0 bridgehead atoms. The van der Waals surface area contributed by atoms with Crippen LogP contribution in [-0.4, -0.2) is 36.1 Å². The van der Waals surface area contributed by atoms with E-state index in [9.17, 15) is 14.7 Å². The van der Waals surface area contributed by atoms with Crippen molar-refractivity contribution in [3.63, 3.8) is 0 Å². The third-order valence-corrected chi connectivity index (χ3v) is 5.90. The van der Waals surface area contributed by atoms with Gasteiger partial charge in [-0.25, -0.2) is 9.18 Å². The van der Waals surface area contributed by atoms with Crippen LogP contribution in [0.5, 0.6) is 5.88 Å². The molecule has 1 aromatic carbocycles. The number of aliphatic hydroxyl groups excluding tert-OH is 1. The molecule has 1 N–H and O–H groups in total. The molecule has 178 valence electrons. The molecule has 0 spiro atoms. The van der Waals surface area contributed by atoms with Crippen molar-refractivity contribution in [1.82, 2.24) is 23.9 Å². The van der Waals surface area contributed by atoms with Gasteiger partial charge in [-0.15, -0.1) is 5.10 Å². The van der Waals surface area contributed by atoms with Gasteiger partial charge in [0, 0.05) is 18.8 Å². The Morgan fingerprint density at radius 2 is 1.94 bits per heavy atom. The van der Waals surface area contributed by atoms with Gasteiger partial charge in [-0.2, -0.15) is 9.67 Å². The molecule has 11 heteroatoms. The molecule has 0 amide bonds. The molecule has 34 heavy (non-hydrogen) atoms. The van der Waals surface area contributed by atoms with E-state index < -0.39 is 23.7 Å². The summed E-state index contributed by atoms with van der Waals surface area (Å²) in [6.45, 7) is 5.37. The lowest BCUT2D eigenvalue weighted by Crippen LogP contribution is -2.25. The standard InChI is InChI=1S/C23H23ClFN5O4/c1-5-28-19(11-31)27-30(23(28)33)18-9-13-14(8-17(18)25)22(32)29(10-15(13)12(2)3)21-16(24)6-7-20(26-21)34-4/h6-10,12,31H,5,11H2,1-4H3.